The number of benzene rings is 1. The monoisotopic (exact) mass is 255 g/mol. The van der Waals surface area contributed by atoms with Crippen molar-refractivity contribution in [1.82, 2.24) is 0 Å². The summed E-state index contributed by atoms with van der Waals surface area (Å²) in [6.45, 7) is 3.31. The van der Waals surface area contributed by atoms with E-state index in [1.165, 1.54) is 12.1 Å². The first kappa shape index (κ1) is 14.2. The van der Waals surface area contributed by atoms with Gasteiger partial charge in [-0.15, -0.1) is 11.6 Å². The molecule has 0 aliphatic rings. The fourth-order valence-corrected chi connectivity index (χ4v) is 2.08. The van der Waals surface area contributed by atoms with Crippen LogP contribution in [0.4, 0.5) is 5.69 Å². The number of methoxy groups -OCH3 is 1. The van der Waals surface area contributed by atoms with E-state index < -0.39 is 0 Å². The summed E-state index contributed by atoms with van der Waals surface area (Å²) in [5.74, 6) is 2.35. The standard InChI is InChI=1S/C14H22ClNO/c1-12(8-10-15)9-11-16(2)13-4-6-14(17-3)7-5-13/h4-7,12H,8-11H2,1-3H3. The SMILES string of the molecule is COc1ccc(N(C)CCC(C)CCCl)cc1. The maximum atomic E-state index is 5.73. The molecular formula is C14H22ClNO. The van der Waals surface area contributed by atoms with Gasteiger partial charge in [-0.05, 0) is 43.0 Å². The molecular weight excluding hydrogens is 234 g/mol. The van der Waals surface area contributed by atoms with Gasteiger partial charge in [-0.3, -0.25) is 0 Å². The lowest BCUT2D eigenvalue weighted by molar-refractivity contribution is 0.415. The Morgan fingerprint density at radius 2 is 1.88 bits per heavy atom. The van der Waals surface area contributed by atoms with Gasteiger partial charge in [0, 0.05) is 25.2 Å². The highest BCUT2D eigenvalue weighted by Crippen LogP contribution is 2.19. The Bertz CT molecular complexity index is 313. The first-order valence-electron chi connectivity index (χ1n) is 6.08. The Hall–Kier alpha value is -0.890. The summed E-state index contributed by atoms with van der Waals surface area (Å²) in [5.41, 5.74) is 1.23. The minimum Gasteiger partial charge on any atom is -0.497 e. The molecule has 1 rings (SSSR count). The molecule has 1 aromatic rings. The Morgan fingerprint density at radius 1 is 1.24 bits per heavy atom. The van der Waals surface area contributed by atoms with Gasteiger partial charge in [0.2, 0.25) is 0 Å². The summed E-state index contributed by atoms with van der Waals surface area (Å²) in [7, 11) is 3.81. The lowest BCUT2D eigenvalue weighted by Crippen LogP contribution is -2.20. The maximum absolute atomic E-state index is 5.73. The molecule has 0 spiro atoms. The minimum atomic E-state index is 0.688. The number of halogens is 1. The van der Waals surface area contributed by atoms with E-state index >= 15 is 0 Å². The number of nitrogens with zero attached hydrogens (tertiary/aromatic N) is 1. The Balaban J connectivity index is 2.43. The van der Waals surface area contributed by atoms with Crippen LogP contribution in [0.3, 0.4) is 0 Å². The van der Waals surface area contributed by atoms with Crippen LogP contribution in [0.5, 0.6) is 5.75 Å². The van der Waals surface area contributed by atoms with Gasteiger partial charge in [0.15, 0.2) is 0 Å². The van der Waals surface area contributed by atoms with Gasteiger partial charge in [-0.1, -0.05) is 6.92 Å². The van der Waals surface area contributed by atoms with Crippen molar-refractivity contribution in [2.75, 3.05) is 31.5 Å². The van der Waals surface area contributed by atoms with Crippen molar-refractivity contribution in [3.05, 3.63) is 24.3 Å². The third-order valence-corrected chi connectivity index (χ3v) is 3.29. The van der Waals surface area contributed by atoms with Crippen LogP contribution < -0.4 is 9.64 Å². The summed E-state index contributed by atoms with van der Waals surface area (Å²) in [6.07, 6.45) is 2.27. The van der Waals surface area contributed by atoms with Crippen molar-refractivity contribution in [2.45, 2.75) is 19.8 Å². The second kappa shape index (κ2) is 7.44. The molecule has 0 amide bonds. The molecule has 0 heterocycles. The molecule has 0 saturated carbocycles. The number of anilines is 1. The molecule has 0 aliphatic heterocycles. The van der Waals surface area contributed by atoms with Crippen molar-refractivity contribution in [2.24, 2.45) is 5.92 Å². The average molecular weight is 256 g/mol. The third kappa shape index (κ3) is 4.86. The van der Waals surface area contributed by atoms with E-state index in [4.69, 9.17) is 16.3 Å². The number of ether oxygens (including phenoxy) is 1. The van der Waals surface area contributed by atoms with E-state index in [0.29, 0.717) is 5.92 Å². The molecule has 1 aromatic carbocycles. The highest BCUT2D eigenvalue weighted by molar-refractivity contribution is 6.17. The van der Waals surface area contributed by atoms with Crippen LogP contribution in [0.1, 0.15) is 19.8 Å². The molecule has 0 bridgehead atoms. The van der Waals surface area contributed by atoms with Gasteiger partial charge in [-0.25, -0.2) is 0 Å². The van der Waals surface area contributed by atoms with E-state index in [1.807, 2.05) is 12.1 Å². The van der Waals surface area contributed by atoms with E-state index in [-0.39, 0.29) is 0 Å². The zero-order valence-electron chi connectivity index (χ0n) is 10.9. The molecule has 2 nitrogen and oxygen atoms in total. The van der Waals surface area contributed by atoms with Crippen LogP contribution in [0.25, 0.3) is 0 Å². The first-order valence-corrected chi connectivity index (χ1v) is 6.62. The molecule has 1 unspecified atom stereocenters. The maximum Gasteiger partial charge on any atom is 0.119 e. The number of alkyl halides is 1. The summed E-state index contributed by atoms with van der Waals surface area (Å²) in [4.78, 5) is 2.27. The van der Waals surface area contributed by atoms with Crippen LogP contribution in [-0.2, 0) is 0 Å². The highest BCUT2D eigenvalue weighted by Gasteiger charge is 2.05. The van der Waals surface area contributed by atoms with Crippen LogP contribution >= 0.6 is 11.6 Å². The number of hydrogen-bond donors (Lipinski definition) is 0. The summed E-state index contributed by atoms with van der Waals surface area (Å²) < 4.78 is 5.15. The summed E-state index contributed by atoms with van der Waals surface area (Å²) in [6, 6.07) is 8.16. The van der Waals surface area contributed by atoms with Crippen molar-refractivity contribution < 1.29 is 4.74 Å². The van der Waals surface area contributed by atoms with Gasteiger partial charge >= 0.3 is 0 Å². The number of rotatable bonds is 7. The van der Waals surface area contributed by atoms with Crippen molar-refractivity contribution in [1.29, 1.82) is 0 Å². The minimum absolute atomic E-state index is 0.688. The molecule has 0 radical (unpaired) electrons. The second-order valence-electron chi connectivity index (χ2n) is 4.49. The fraction of sp³-hybridized carbons (Fsp3) is 0.571. The molecule has 0 fully saturated rings. The molecule has 0 saturated heterocycles. The molecule has 0 aromatic heterocycles. The van der Waals surface area contributed by atoms with Gasteiger partial charge in [0.1, 0.15) is 5.75 Å². The van der Waals surface area contributed by atoms with Crippen LogP contribution in [-0.4, -0.2) is 26.6 Å². The Labute approximate surface area is 110 Å². The van der Waals surface area contributed by atoms with E-state index in [9.17, 15) is 0 Å². The first-order chi connectivity index (χ1) is 8.17. The Morgan fingerprint density at radius 3 is 2.41 bits per heavy atom. The largest absolute Gasteiger partial charge is 0.497 e. The smallest absolute Gasteiger partial charge is 0.119 e. The summed E-state index contributed by atoms with van der Waals surface area (Å²) in [5, 5.41) is 0. The molecule has 0 aliphatic carbocycles. The predicted octanol–water partition coefficient (Wildman–Crippen LogP) is 3.79. The molecule has 0 N–H and O–H groups in total. The van der Waals surface area contributed by atoms with Gasteiger partial charge in [-0.2, -0.15) is 0 Å². The lowest BCUT2D eigenvalue weighted by atomic mass is 10.1. The van der Waals surface area contributed by atoms with Crippen molar-refractivity contribution >= 4 is 17.3 Å². The van der Waals surface area contributed by atoms with E-state index in [2.05, 4.69) is 31.0 Å². The van der Waals surface area contributed by atoms with Crippen LogP contribution in [0, 0.1) is 5.92 Å². The third-order valence-electron chi connectivity index (χ3n) is 3.07. The zero-order valence-corrected chi connectivity index (χ0v) is 11.7. The quantitative estimate of drug-likeness (QED) is 0.688. The number of hydrogen-bond acceptors (Lipinski definition) is 2. The van der Waals surface area contributed by atoms with E-state index in [0.717, 1.165) is 24.6 Å². The van der Waals surface area contributed by atoms with Gasteiger partial charge in [0.05, 0.1) is 7.11 Å². The molecule has 17 heavy (non-hydrogen) atoms. The lowest BCUT2D eigenvalue weighted by Gasteiger charge is -2.21. The topological polar surface area (TPSA) is 12.5 Å². The van der Waals surface area contributed by atoms with Crippen LogP contribution in [0.2, 0.25) is 0 Å². The van der Waals surface area contributed by atoms with Crippen molar-refractivity contribution in [3.8, 4) is 5.75 Å². The van der Waals surface area contributed by atoms with Gasteiger partial charge < -0.3 is 9.64 Å². The fourth-order valence-electron chi connectivity index (χ4n) is 1.71. The highest BCUT2D eigenvalue weighted by atomic mass is 35.5. The zero-order chi connectivity index (χ0) is 12.7. The molecule has 96 valence electrons. The normalized spacial score (nSPS) is 12.2. The van der Waals surface area contributed by atoms with Crippen molar-refractivity contribution in [3.63, 3.8) is 0 Å². The second-order valence-corrected chi connectivity index (χ2v) is 4.87. The summed E-state index contributed by atoms with van der Waals surface area (Å²) >= 11 is 5.73. The van der Waals surface area contributed by atoms with Gasteiger partial charge in [0.25, 0.3) is 0 Å². The molecule has 3 heteroatoms. The average Bonchev–Trinajstić information content (AvgIpc) is 2.36. The Kier molecular flexibility index (Phi) is 6.20. The predicted molar refractivity (Wildman–Crippen MR) is 75.4 cm³/mol. The molecule has 1 atom stereocenters. The van der Waals surface area contributed by atoms with E-state index in [1.54, 1.807) is 7.11 Å². The van der Waals surface area contributed by atoms with Crippen LogP contribution in [0.15, 0.2) is 24.3 Å².